The van der Waals surface area contributed by atoms with Gasteiger partial charge in [-0.3, -0.25) is 0 Å². The summed E-state index contributed by atoms with van der Waals surface area (Å²) in [6, 6.07) is 5.44. The van der Waals surface area contributed by atoms with E-state index in [0.29, 0.717) is 17.1 Å². The summed E-state index contributed by atoms with van der Waals surface area (Å²) in [6.45, 7) is 0. The van der Waals surface area contributed by atoms with Crippen molar-refractivity contribution in [2.45, 2.75) is 37.3 Å². The van der Waals surface area contributed by atoms with E-state index in [4.69, 9.17) is 11.6 Å². The molecule has 0 aliphatic carbocycles. The lowest BCUT2D eigenvalue weighted by Gasteiger charge is -2.19. The molecular formula is C11H13ClN2. The zero-order valence-corrected chi connectivity index (χ0v) is 8.67. The van der Waals surface area contributed by atoms with E-state index in [1.807, 2.05) is 12.3 Å². The fourth-order valence-electron chi connectivity index (χ4n) is 2.80. The number of nitrogens with zero attached hydrogens (tertiary/aromatic N) is 1. The van der Waals surface area contributed by atoms with Gasteiger partial charge in [-0.15, -0.1) is 0 Å². The summed E-state index contributed by atoms with van der Waals surface area (Å²) >= 11 is 5.77. The summed E-state index contributed by atoms with van der Waals surface area (Å²) in [5.74, 6) is 0.665. The second kappa shape index (κ2) is 3.21. The van der Waals surface area contributed by atoms with Crippen LogP contribution >= 0.6 is 11.6 Å². The first kappa shape index (κ1) is 8.69. The van der Waals surface area contributed by atoms with E-state index in [-0.39, 0.29) is 0 Å². The van der Waals surface area contributed by atoms with Gasteiger partial charge < -0.3 is 5.32 Å². The Labute approximate surface area is 88.7 Å². The molecule has 74 valence electrons. The largest absolute Gasteiger partial charge is 0.311 e. The SMILES string of the molecule is Clc1ccc([C@H]2C[C@@H]3CC[C@@H]2N3)cn1. The van der Waals surface area contributed by atoms with E-state index in [0.717, 1.165) is 6.04 Å². The Bertz CT molecular complexity index is 336. The Morgan fingerprint density at radius 1 is 1.36 bits per heavy atom. The van der Waals surface area contributed by atoms with Crippen molar-refractivity contribution in [3.8, 4) is 0 Å². The maximum absolute atomic E-state index is 5.77. The molecule has 3 atom stereocenters. The van der Waals surface area contributed by atoms with Crippen LogP contribution in [0.25, 0.3) is 0 Å². The number of aromatic nitrogens is 1. The lowest BCUT2D eigenvalue weighted by Crippen LogP contribution is -2.21. The van der Waals surface area contributed by atoms with Gasteiger partial charge in [-0.1, -0.05) is 17.7 Å². The Morgan fingerprint density at radius 2 is 2.29 bits per heavy atom. The minimum Gasteiger partial charge on any atom is -0.311 e. The molecule has 2 fully saturated rings. The van der Waals surface area contributed by atoms with Crippen LogP contribution in [0.4, 0.5) is 0 Å². The molecule has 2 bridgehead atoms. The molecule has 3 heteroatoms. The van der Waals surface area contributed by atoms with Gasteiger partial charge in [0.25, 0.3) is 0 Å². The molecule has 3 rings (SSSR count). The molecule has 1 N–H and O–H groups in total. The average Bonchev–Trinajstić information content (AvgIpc) is 2.80. The molecule has 2 nitrogen and oxygen atoms in total. The van der Waals surface area contributed by atoms with Gasteiger partial charge in [-0.2, -0.15) is 0 Å². The van der Waals surface area contributed by atoms with Crippen molar-refractivity contribution in [1.82, 2.24) is 10.3 Å². The highest BCUT2D eigenvalue weighted by molar-refractivity contribution is 6.29. The van der Waals surface area contributed by atoms with E-state index >= 15 is 0 Å². The van der Waals surface area contributed by atoms with Gasteiger partial charge in [-0.25, -0.2) is 4.98 Å². The lowest BCUT2D eigenvalue weighted by atomic mass is 9.85. The van der Waals surface area contributed by atoms with Gasteiger partial charge in [0, 0.05) is 24.2 Å². The zero-order chi connectivity index (χ0) is 9.54. The van der Waals surface area contributed by atoms with Crippen LogP contribution in [0.5, 0.6) is 0 Å². The first-order valence-electron chi connectivity index (χ1n) is 5.20. The van der Waals surface area contributed by atoms with Crippen molar-refractivity contribution in [1.29, 1.82) is 0 Å². The molecule has 1 aromatic rings. The molecule has 0 amide bonds. The van der Waals surface area contributed by atoms with Gasteiger partial charge in [0.05, 0.1) is 0 Å². The van der Waals surface area contributed by atoms with Crippen LogP contribution in [0, 0.1) is 0 Å². The highest BCUT2D eigenvalue weighted by Gasteiger charge is 2.39. The summed E-state index contributed by atoms with van der Waals surface area (Å²) in [4.78, 5) is 4.14. The average molecular weight is 209 g/mol. The zero-order valence-electron chi connectivity index (χ0n) is 7.91. The molecule has 14 heavy (non-hydrogen) atoms. The maximum atomic E-state index is 5.77. The van der Waals surface area contributed by atoms with Crippen molar-refractivity contribution in [2.75, 3.05) is 0 Å². The Kier molecular flexibility index (Phi) is 1.99. The van der Waals surface area contributed by atoms with Crippen molar-refractivity contribution in [2.24, 2.45) is 0 Å². The van der Waals surface area contributed by atoms with Crippen LogP contribution < -0.4 is 5.32 Å². The number of fused-ring (bicyclic) bond motifs is 2. The highest BCUT2D eigenvalue weighted by Crippen LogP contribution is 2.39. The van der Waals surface area contributed by atoms with Crippen molar-refractivity contribution in [3.05, 3.63) is 29.0 Å². The molecule has 2 aliphatic heterocycles. The van der Waals surface area contributed by atoms with Crippen molar-refractivity contribution in [3.63, 3.8) is 0 Å². The van der Waals surface area contributed by atoms with E-state index in [2.05, 4.69) is 16.4 Å². The van der Waals surface area contributed by atoms with Gasteiger partial charge >= 0.3 is 0 Å². The Balaban J connectivity index is 1.86. The maximum Gasteiger partial charge on any atom is 0.129 e. The molecule has 3 heterocycles. The van der Waals surface area contributed by atoms with E-state index in [1.54, 1.807) is 0 Å². The third kappa shape index (κ3) is 1.33. The fraction of sp³-hybridized carbons (Fsp3) is 0.545. The van der Waals surface area contributed by atoms with Crippen LogP contribution in [-0.4, -0.2) is 17.1 Å². The number of rotatable bonds is 1. The molecule has 2 saturated heterocycles. The van der Waals surface area contributed by atoms with Gasteiger partial charge in [0.15, 0.2) is 0 Å². The second-order valence-electron chi connectivity index (χ2n) is 4.30. The van der Waals surface area contributed by atoms with Crippen molar-refractivity contribution >= 4 is 11.6 Å². The van der Waals surface area contributed by atoms with Gasteiger partial charge in [-0.05, 0) is 30.9 Å². The highest BCUT2D eigenvalue weighted by atomic mass is 35.5. The van der Waals surface area contributed by atoms with E-state index in [9.17, 15) is 0 Å². The molecule has 0 aromatic carbocycles. The van der Waals surface area contributed by atoms with Crippen LogP contribution in [0.15, 0.2) is 18.3 Å². The number of nitrogens with one attached hydrogen (secondary N) is 1. The number of halogens is 1. The standard InChI is InChI=1S/C11H13ClN2/c12-11-4-1-7(6-13-11)9-5-8-2-3-10(9)14-8/h1,4,6,8-10,14H,2-3,5H2/t8-,9+,10-/m0/s1. The van der Waals surface area contributed by atoms with Gasteiger partial charge in [0.2, 0.25) is 0 Å². The monoisotopic (exact) mass is 208 g/mol. The molecule has 1 aromatic heterocycles. The number of hydrogen-bond acceptors (Lipinski definition) is 2. The Morgan fingerprint density at radius 3 is 2.86 bits per heavy atom. The third-order valence-corrected chi connectivity index (χ3v) is 3.70. The first-order chi connectivity index (χ1) is 6.83. The van der Waals surface area contributed by atoms with Crippen molar-refractivity contribution < 1.29 is 0 Å². The summed E-state index contributed by atoms with van der Waals surface area (Å²) in [7, 11) is 0. The van der Waals surface area contributed by atoms with Crippen LogP contribution in [0.1, 0.15) is 30.7 Å². The third-order valence-electron chi connectivity index (χ3n) is 3.48. The smallest absolute Gasteiger partial charge is 0.129 e. The van der Waals surface area contributed by atoms with Crippen LogP contribution in [0.3, 0.4) is 0 Å². The topological polar surface area (TPSA) is 24.9 Å². The summed E-state index contributed by atoms with van der Waals surface area (Å²) < 4.78 is 0. The van der Waals surface area contributed by atoms with E-state index in [1.165, 1.54) is 24.8 Å². The normalized spacial score (nSPS) is 35.1. The molecule has 0 unspecified atom stereocenters. The first-order valence-corrected chi connectivity index (χ1v) is 5.58. The molecule has 0 spiro atoms. The number of hydrogen-bond donors (Lipinski definition) is 1. The molecule has 0 saturated carbocycles. The quantitative estimate of drug-likeness (QED) is 0.717. The predicted molar refractivity (Wildman–Crippen MR) is 56.6 cm³/mol. The molecular weight excluding hydrogens is 196 g/mol. The number of pyridine rings is 1. The van der Waals surface area contributed by atoms with Gasteiger partial charge in [0.1, 0.15) is 5.15 Å². The lowest BCUT2D eigenvalue weighted by molar-refractivity contribution is 0.505. The molecule has 2 aliphatic rings. The van der Waals surface area contributed by atoms with Crippen LogP contribution in [-0.2, 0) is 0 Å². The Hall–Kier alpha value is -0.600. The summed E-state index contributed by atoms with van der Waals surface area (Å²) in [5.41, 5.74) is 1.34. The summed E-state index contributed by atoms with van der Waals surface area (Å²) in [6.07, 6.45) is 5.86. The minimum atomic E-state index is 0.588. The van der Waals surface area contributed by atoms with E-state index < -0.39 is 0 Å². The predicted octanol–water partition coefficient (Wildman–Crippen LogP) is 2.34. The molecule has 0 radical (unpaired) electrons. The second-order valence-corrected chi connectivity index (χ2v) is 4.69. The summed E-state index contributed by atoms with van der Waals surface area (Å²) in [5, 5.41) is 4.22. The fourth-order valence-corrected chi connectivity index (χ4v) is 2.91. The minimum absolute atomic E-state index is 0.588. The van der Waals surface area contributed by atoms with Crippen LogP contribution in [0.2, 0.25) is 5.15 Å².